The fourth-order valence-corrected chi connectivity index (χ4v) is 0.911. The van der Waals surface area contributed by atoms with Gasteiger partial charge in [0.25, 0.3) is 0 Å². The van der Waals surface area contributed by atoms with E-state index in [0.717, 1.165) is 19.6 Å². The molecule has 0 N–H and O–H groups in total. The zero-order valence-electron chi connectivity index (χ0n) is 8.22. The van der Waals surface area contributed by atoms with Crippen LogP contribution < -0.4 is 0 Å². The minimum Gasteiger partial charge on any atom is -0.308 e. The lowest BCUT2D eigenvalue weighted by atomic mass is 10.3. The first-order chi connectivity index (χ1) is 5.02. The molecule has 0 aromatic rings. The van der Waals surface area contributed by atoms with Crippen LogP contribution >= 0.6 is 0 Å². The SMILES string of the molecule is C=C(C)CN(C)CCN(C)C. The van der Waals surface area contributed by atoms with Gasteiger partial charge >= 0.3 is 0 Å². The molecule has 66 valence electrons. The van der Waals surface area contributed by atoms with Crippen molar-refractivity contribution in [2.75, 3.05) is 40.8 Å². The summed E-state index contributed by atoms with van der Waals surface area (Å²) in [6.07, 6.45) is 0. The molecule has 0 bridgehead atoms. The Morgan fingerprint density at radius 1 is 1.18 bits per heavy atom. The Labute approximate surface area is 70.5 Å². The smallest absolute Gasteiger partial charge is 0.0184 e. The van der Waals surface area contributed by atoms with Crippen LogP contribution in [0.5, 0.6) is 0 Å². The Hall–Kier alpha value is -0.340. The number of hydrogen-bond donors (Lipinski definition) is 0. The lowest BCUT2D eigenvalue weighted by Gasteiger charge is -2.18. The molecule has 0 aliphatic heterocycles. The van der Waals surface area contributed by atoms with E-state index in [9.17, 15) is 0 Å². The third-order valence-corrected chi connectivity index (χ3v) is 1.47. The molecule has 0 atom stereocenters. The molecule has 0 rings (SSSR count). The summed E-state index contributed by atoms with van der Waals surface area (Å²) >= 11 is 0. The Balaban J connectivity index is 3.37. The molecule has 0 unspecified atom stereocenters. The van der Waals surface area contributed by atoms with E-state index in [-0.39, 0.29) is 0 Å². The van der Waals surface area contributed by atoms with Crippen LogP contribution in [-0.4, -0.2) is 50.6 Å². The van der Waals surface area contributed by atoms with E-state index in [0.29, 0.717) is 0 Å². The lowest BCUT2D eigenvalue weighted by Crippen LogP contribution is -2.29. The minimum absolute atomic E-state index is 1.01. The molecule has 0 amide bonds. The average Bonchev–Trinajstić information content (AvgIpc) is 1.82. The summed E-state index contributed by atoms with van der Waals surface area (Å²) in [6, 6.07) is 0. The molecule has 11 heavy (non-hydrogen) atoms. The van der Waals surface area contributed by atoms with Crippen LogP contribution in [0.4, 0.5) is 0 Å². The quantitative estimate of drug-likeness (QED) is 0.549. The zero-order valence-corrected chi connectivity index (χ0v) is 8.22. The predicted molar refractivity (Wildman–Crippen MR) is 50.9 cm³/mol. The Kier molecular flexibility index (Phi) is 5.16. The van der Waals surface area contributed by atoms with E-state index in [1.54, 1.807) is 0 Å². The predicted octanol–water partition coefficient (Wildman–Crippen LogP) is 1.06. The number of nitrogens with zero attached hydrogens (tertiary/aromatic N) is 2. The highest BCUT2D eigenvalue weighted by Crippen LogP contribution is 1.91. The van der Waals surface area contributed by atoms with Crippen LogP contribution in [0.1, 0.15) is 6.92 Å². The Morgan fingerprint density at radius 3 is 2.09 bits per heavy atom. The van der Waals surface area contributed by atoms with E-state index in [4.69, 9.17) is 0 Å². The van der Waals surface area contributed by atoms with Crippen molar-refractivity contribution in [2.24, 2.45) is 0 Å². The van der Waals surface area contributed by atoms with Gasteiger partial charge in [0.1, 0.15) is 0 Å². The van der Waals surface area contributed by atoms with Crippen molar-refractivity contribution >= 4 is 0 Å². The van der Waals surface area contributed by atoms with E-state index >= 15 is 0 Å². The fourth-order valence-electron chi connectivity index (χ4n) is 0.911. The third kappa shape index (κ3) is 7.56. The summed E-state index contributed by atoms with van der Waals surface area (Å²) in [6.45, 7) is 9.16. The molecule has 2 heteroatoms. The maximum atomic E-state index is 3.87. The highest BCUT2D eigenvalue weighted by molar-refractivity contribution is 4.90. The van der Waals surface area contributed by atoms with Crippen LogP contribution in [0.15, 0.2) is 12.2 Å². The van der Waals surface area contributed by atoms with Crippen molar-refractivity contribution in [3.8, 4) is 0 Å². The van der Waals surface area contributed by atoms with Gasteiger partial charge in [-0.05, 0) is 28.1 Å². The van der Waals surface area contributed by atoms with Crippen LogP contribution in [0, 0.1) is 0 Å². The highest BCUT2D eigenvalue weighted by atomic mass is 15.1. The van der Waals surface area contributed by atoms with Crippen molar-refractivity contribution in [1.82, 2.24) is 9.80 Å². The molecular formula is C9H20N2. The zero-order chi connectivity index (χ0) is 8.85. The molecule has 0 aliphatic rings. The number of rotatable bonds is 5. The van der Waals surface area contributed by atoms with E-state index in [2.05, 4.69) is 44.4 Å². The third-order valence-electron chi connectivity index (χ3n) is 1.47. The lowest BCUT2D eigenvalue weighted by molar-refractivity contribution is 0.298. The maximum Gasteiger partial charge on any atom is 0.0184 e. The second kappa shape index (κ2) is 5.33. The molecular weight excluding hydrogens is 136 g/mol. The molecule has 0 saturated heterocycles. The van der Waals surface area contributed by atoms with Crippen LogP contribution in [-0.2, 0) is 0 Å². The Morgan fingerprint density at radius 2 is 1.73 bits per heavy atom. The van der Waals surface area contributed by atoms with Crippen molar-refractivity contribution in [3.05, 3.63) is 12.2 Å². The molecule has 0 aromatic heterocycles. The first-order valence-corrected chi connectivity index (χ1v) is 4.00. The van der Waals surface area contributed by atoms with Crippen molar-refractivity contribution in [3.63, 3.8) is 0 Å². The molecule has 0 heterocycles. The van der Waals surface area contributed by atoms with Gasteiger partial charge in [0.05, 0.1) is 0 Å². The van der Waals surface area contributed by atoms with Crippen molar-refractivity contribution in [2.45, 2.75) is 6.92 Å². The number of hydrogen-bond acceptors (Lipinski definition) is 2. The summed E-state index contributed by atoms with van der Waals surface area (Å²) in [7, 11) is 6.31. The van der Waals surface area contributed by atoms with Crippen molar-refractivity contribution < 1.29 is 0 Å². The maximum absolute atomic E-state index is 3.87. The molecule has 2 nitrogen and oxygen atoms in total. The number of likely N-dealkylation sites (N-methyl/N-ethyl adjacent to an activating group) is 2. The van der Waals surface area contributed by atoms with Gasteiger partial charge in [-0.1, -0.05) is 12.2 Å². The average molecular weight is 156 g/mol. The monoisotopic (exact) mass is 156 g/mol. The van der Waals surface area contributed by atoms with E-state index < -0.39 is 0 Å². The van der Waals surface area contributed by atoms with Crippen molar-refractivity contribution in [1.29, 1.82) is 0 Å². The summed E-state index contributed by atoms with van der Waals surface area (Å²) in [5, 5.41) is 0. The highest BCUT2D eigenvalue weighted by Gasteiger charge is 1.97. The van der Waals surface area contributed by atoms with Crippen LogP contribution in [0.25, 0.3) is 0 Å². The van der Waals surface area contributed by atoms with Gasteiger partial charge in [-0.25, -0.2) is 0 Å². The summed E-state index contributed by atoms with van der Waals surface area (Å²) < 4.78 is 0. The normalized spacial score (nSPS) is 11.1. The second-order valence-corrected chi connectivity index (χ2v) is 3.50. The van der Waals surface area contributed by atoms with Gasteiger partial charge in [0.15, 0.2) is 0 Å². The van der Waals surface area contributed by atoms with E-state index in [1.807, 2.05) is 0 Å². The summed E-state index contributed by atoms with van der Waals surface area (Å²) in [5.74, 6) is 0. The standard InChI is InChI=1S/C9H20N2/c1-9(2)8-11(5)7-6-10(3)4/h1,6-8H2,2-5H3. The summed E-state index contributed by atoms with van der Waals surface area (Å²) in [5.41, 5.74) is 1.23. The molecule has 0 spiro atoms. The summed E-state index contributed by atoms with van der Waals surface area (Å²) in [4.78, 5) is 4.47. The largest absolute Gasteiger partial charge is 0.308 e. The first kappa shape index (κ1) is 10.7. The Bertz CT molecular complexity index is 119. The minimum atomic E-state index is 1.01. The van der Waals surface area contributed by atoms with Gasteiger partial charge in [0.2, 0.25) is 0 Å². The van der Waals surface area contributed by atoms with Gasteiger partial charge in [0, 0.05) is 19.6 Å². The van der Waals surface area contributed by atoms with Gasteiger partial charge < -0.3 is 9.80 Å². The van der Waals surface area contributed by atoms with Crippen LogP contribution in [0.3, 0.4) is 0 Å². The second-order valence-electron chi connectivity index (χ2n) is 3.50. The fraction of sp³-hybridized carbons (Fsp3) is 0.778. The van der Waals surface area contributed by atoms with Gasteiger partial charge in [-0.3, -0.25) is 0 Å². The molecule has 0 radical (unpaired) electrons. The molecule has 0 aromatic carbocycles. The molecule has 0 aliphatic carbocycles. The molecule has 0 saturated carbocycles. The topological polar surface area (TPSA) is 6.48 Å². The van der Waals surface area contributed by atoms with Gasteiger partial charge in [-0.15, -0.1) is 0 Å². The van der Waals surface area contributed by atoms with E-state index in [1.165, 1.54) is 5.57 Å². The van der Waals surface area contributed by atoms with Gasteiger partial charge in [-0.2, -0.15) is 0 Å². The van der Waals surface area contributed by atoms with Crippen LogP contribution in [0.2, 0.25) is 0 Å². The first-order valence-electron chi connectivity index (χ1n) is 4.00. The molecule has 0 fully saturated rings.